The summed E-state index contributed by atoms with van der Waals surface area (Å²) >= 11 is 0. The lowest BCUT2D eigenvalue weighted by Crippen LogP contribution is -2.37. The molecular weight excluding hydrogens is 444 g/mol. The van der Waals surface area contributed by atoms with E-state index in [1.165, 1.54) is 12.1 Å². The minimum Gasteiger partial charge on any atom is -0.491 e. The van der Waals surface area contributed by atoms with Crippen molar-refractivity contribution in [2.45, 2.75) is 32.9 Å². The van der Waals surface area contributed by atoms with E-state index in [0.29, 0.717) is 6.54 Å². The predicted molar refractivity (Wildman–Crippen MR) is 116 cm³/mol. The van der Waals surface area contributed by atoms with Crippen LogP contribution >= 0.6 is 24.0 Å². The predicted octanol–water partition coefficient (Wildman–Crippen LogP) is 4.14. The topological polar surface area (TPSA) is 45.7 Å². The van der Waals surface area contributed by atoms with Crippen LogP contribution in [0.5, 0.6) is 5.75 Å². The molecule has 0 unspecified atom stereocenters. The molecule has 0 aromatic heterocycles. The maximum atomic E-state index is 12.9. The van der Waals surface area contributed by atoms with Crippen LogP contribution < -0.4 is 15.4 Å². The molecular formula is C20H27FIN3O. The van der Waals surface area contributed by atoms with Crippen molar-refractivity contribution in [2.24, 2.45) is 4.99 Å². The zero-order valence-electron chi connectivity index (χ0n) is 15.5. The summed E-state index contributed by atoms with van der Waals surface area (Å²) in [6.07, 6.45) is 0.961. The number of benzene rings is 2. The first-order valence-electron chi connectivity index (χ1n) is 8.51. The molecule has 6 heteroatoms. The van der Waals surface area contributed by atoms with Gasteiger partial charge in [-0.2, -0.15) is 0 Å². The smallest absolute Gasteiger partial charge is 0.191 e. The van der Waals surface area contributed by atoms with Crippen LogP contribution in [0.2, 0.25) is 0 Å². The van der Waals surface area contributed by atoms with Gasteiger partial charge in [-0.15, -0.1) is 24.0 Å². The number of guanidine groups is 1. The average molecular weight is 471 g/mol. The molecule has 0 atom stereocenters. The summed E-state index contributed by atoms with van der Waals surface area (Å²) in [6, 6.07) is 14.6. The fourth-order valence-electron chi connectivity index (χ4n) is 2.38. The quantitative estimate of drug-likeness (QED) is 0.363. The van der Waals surface area contributed by atoms with Gasteiger partial charge in [-0.1, -0.05) is 24.3 Å². The molecule has 0 amide bonds. The van der Waals surface area contributed by atoms with Crippen molar-refractivity contribution < 1.29 is 9.13 Å². The highest BCUT2D eigenvalue weighted by atomic mass is 127. The third-order valence-electron chi connectivity index (χ3n) is 3.57. The van der Waals surface area contributed by atoms with Gasteiger partial charge >= 0.3 is 0 Å². The molecule has 0 heterocycles. The van der Waals surface area contributed by atoms with Crippen molar-refractivity contribution in [2.75, 3.05) is 13.6 Å². The minimum atomic E-state index is -0.210. The summed E-state index contributed by atoms with van der Waals surface area (Å²) in [5, 5.41) is 6.55. The Bertz CT molecular complexity index is 690. The van der Waals surface area contributed by atoms with Crippen molar-refractivity contribution in [3.63, 3.8) is 0 Å². The lowest BCUT2D eigenvalue weighted by molar-refractivity contribution is 0.242. The van der Waals surface area contributed by atoms with Gasteiger partial charge in [-0.05, 0) is 55.7 Å². The van der Waals surface area contributed by atoms with E-state index in [1.54, 1.807) is 19.2 Å². The van der Waals surface area contributed by atoms with Crippen LogP contribution in [0.25, 0.3) is 0 Å². The third-order valence-corrected chi connectivity index (χ3v) is 3.57. The van der Waals surface area contributed by atoms with Crippen LogP contribution in [0.4, 0.5) is 4.39 Å². The molecule has 2 rings (SSSR count). The third kappa shape index (κ3) is 8.03. The van der Waals surface area contributed by atoms with Crippen LogP contribution in [0.1, 0.15) is 25.0 Å². The van der Waals surface area contributed by atoms with Crippen LogP contribution in [-0.2, 0) is 13.0 Å². The Morgan fingerprint density at radius 2 is 1.81 bits per heavy atom. The van der Waals surface area contributed by atoms with Crippen LogP contribution in [0, 0.1) is 5.82 Å². The van der Waals surface area contributed by atoms with E-state index in [0.717, 1.165) is 35.8 Å². The van der Waals surface area contributed by atoms with Gasteiger partial charge in [-0.25, -0.2) is 4.39 Å². The molecule has 0 saturated heterocycles. The molecule has 0 fully saturated rings. The van der Waals surface area contributed by atoms with E-state index in [4.69, 9.17) is 4.74 Å². The second kappa shape index (κ2) is 11.7. The fourth-order valence-corrected chi connectivity index (χ4v) is 2.38. The highest BCUT2D eigenvalue weighted by Crippen LogP contribution is 2.14. The number of aliphatic imine (C=N–C) groups is 1. The first kappa shape index (κ1) is 22.2. The molecule has 0 radical (unpaired) electrons. The molecule has 0 bridgehead atoms. The number of halogens is 2. The summed E-state index contributed by atoms with van der Waals surface area (Å²) in [5.41, 5.74) is 2.21. The Morgan fingerprint density at radius 3 is 2.46 bits per heavy atom. The van der Waals surface area contributed by atoms with Gasteiger partial charge < -0.3 is 15.4 Å². The summed E-state index contributed by atoms with van der Waals surface area (Å²) in [7, 11) is 1.74. The zero-order chi connectivity index (χ0) is 18.1. The molecule has 0 saturated carbocycles. The Hall–Kier alpha value is -1.83. The Labute approximate surface area is 172 Å². The van der Waals surface area contributed by atoms with E-state index in [2.05, 4.69) is 15.6 Å². The minimum absolute atomic E-state index is 0. The van der Waals surface area contributed by atoms with Crippen molar-refractivity contribution in [1.29, 1.82) is 0 Å². The number of hydrogen-bond donors (Lipinski definition) is 2. The van der Waals surface area contributed by atoms with Gasteiger partial charge in [0.1, 0.15) is 11.6 Å². The first-order valence-corrected chi connectivity index (χ1v) is 8.51. The van der Waals surface area contributed by atoms with Gasteiger partial charge in [0.15, 0.2) is 5.96 Å². The number of rotatable bonds is 7. The normalized spacial score (nSPS) is 11.0. The largest absolute Gasteiger partial charge is 0.491 e. The SMILES string of the molecule is CN=C(NCCc1ccc(F)cc1)NCc1cccc(OC(C)C)c1.I. The van der Waals surface area contributed by atoms with E-state index in [1.807, 2.05) is 38.1 Å². The highest BCUT2D eigenvalue weighted by Gasteiger charge is 2.02. The van der Waals surface area contributed by atoms with Crippen molar-refractivity contribution in [1.82, 2.24) is 10.6 Å². The van der Waals surface area contributed by atoms with Crippen molar-refractivity contribution >= 4 is 29.9 Å². The molecule has 2 aromatic rings. The van der Waals surface area contributed by atoms with Gasteiger partial charge in [0.25, 0.3) is 0 Å². The molecule has 0 aliphatic rings. The number of ether oxygens (including phenoxy) is 1. The molecule has 26 heavy (non-hydrogen) atoms. The van der Waals surface area contributed by atoms with E-state index in [9.17, 15) is 4.39 Å². The van der Waals surface area contributed by atoms with Gasteiger partial charge in [0.05, 0.1) is 6.10 Å². The average Bonchev–Trinajstić information content (AvgIpc) is 2.59. The van der Waals surface area contributed by atoms with Crippen LogP contribution in [0.15, 0.2) is 53.5 Å². The molecule has 4 nitrogen and oxygen atoms in total. The van der Waals surface area contributed by atoms with Crippen LogP contribution in [0.3, 0.4) is 0 Å². The second-order valence-corrected chi connectivity index (χ2v) is 6.04. The van der Waals surface area contributed by atoms with E-state index in [-0.39, 0.29) is 35.9 Å². The van der Waals surface area contributed by atoms with E-state index < -0.39 is 0 Å². The van der Waals surface area contributed by atoms with Crippen LogP contribution in [-0.4, -0.2) is 25.7 Å². The lowest BCUT2D eigenvalue weighted by atomic mass is 10.1. The molecule has 0 spiro atoms. The number of hydrogen-bond acceptors (Lipinski definition) is 2. The van der Waals surface area contributed by atoms with Gasteiger partial charge in [0, 0.05) is 20.1 Å². The molecule has 2 aromatic carbocycles. The maximum absolute atomic E-state index is 12.9. The van der Waals surface area contributed by atoms with Crippen molar-refractivity contribution in [3.05, 3.63) is 65.5 Å². The standard InChI is InChI=1S/C20H26FN3O.HI/c1-15(2)25-19-6-4-5-17(13-19)14-24-20(22-3)23-12-11-16-7-9-18(21)10-8-16;/h4-10,13,15H,11-12,14H2,1-3H3,(H2,22,23,24);1H. The second-order valence-electron chi connectivity index (χ2n) is 6.04. The summed E-state index contributed by atoms with van der Waals surface area (Å²) < 4.78 is 18.6. The molecule has 0 aliphatic heterocycles. The van der Waals surface area contributed by atoms with Crippen molar-refractivity contribution in [3.8, 4) is 5.75 Å². The van der Waals surface area contributed by atoms with E-state index >= 15 is 0 Å². The Morgan fingerprint density at radius 1 is 1.08 bits per heavy atom. The Kier molecular flexibility index (Phi) is 10.0. The zero-order valence-corrected chi connectivity index (χ0v) is 17.8. The molecule has 142 valence electrons. The number of nitrogens with zero attached hydrogens (tertiary/aromatic N) is 1. The monoisotopic (exact) mass is 471 g/mol. The molecule has 2 N–H and O–H groups in total. The molecule has 0 aliphatic carbocycles. The van der Waals surface area contributed by atoms with Gasteiger partial charge in [-0.3, -0.25) is 4.99 Å². The number of nitrogens with one attached hydrogen (secondary N) is 2. The van der Waals surface area contributed by atoms with Gasteiger partial charge in [0.2, 0.25) is 0 Å². The fraction of sp³-hybridized carbons (Fsp3) is 0.350. The lowest BCUT2D eigenvalue weighted by Gasteiger charge is -2.14. The Balaban J connectivity index is 0.00000338. The summed E-state index contributed by atoms with van der Waals surface area (Å²) in [5.74, 6) is 1.39. The summed E-state index contributed by atoms with van der Waals surface area (Å²) in [6.45, 7) is 5.41. The summed E-state index contributed by atoms with van der Waals surface area (Å²) in [4.78, 5) is 4.22. The highest BCUT2D eigenvalue weighted by molar-refractivity contribution is 14.0. The first-order chi connectivity index (χ1) is 12.1. The maximum Gasteiger partial charge on any atom is 0.191 e.